The van der Waals surface area contributed by atoms with Gasteiger partial charge in [-0.3, -0.25) is 19.7 Å². The van der Waals surface area contributed by atoms with E-state index in [1.807, 2.05) is 0 Å². The number of non-ortho nitro benzene ring substituents is 1. The summed E-state index contributed by atoms with van der Waals surface area (Å²) in [6, 6.07) is 2.43. The quantitative estimate of drug-likeness (QED) is 0.640. The van der Waals surface area contributed by atoms with Gasteiger partial charge in [0.05, 0.1) is 22.5 Å². The van der Waals surface area contributed by atoms with Crippen molar-refractivity contribution < 1.29 is 24.0 Å². The number of primary amides is 1. The van der Waals surface area contributed by atoms with Crippen LogP contribution in [0.15, 0.2) is 12.1 Å². The van der Waals surface area contributed by atoms with Gasteiger partial charge in [-0.15, -0.1) is 0 Å². The Morgan fingerprint density at radius 3 is 2.75 bits per heavy atom. The maximum Gasteiger partial charge on any atom is 0.274 e. The molecule has 2 aliphatic heterocycles. The zero-order chi connectivity index (χ0) is 17.3. The highest BCUT2D eigenvalue weighted by Crippen LogP contribution is 2.38. The fourth-order valence-electron chi connectivity index (χ4n) is 2.97. The van der Waals surface area contributed by atoms with Crippen LogP contribution in [-0.4, -0.2) is 47.9 Å². The number of carbonyl (C=O) groups is 2. The highest BCUT2D eigenvalue weighted by molar-refractivity contribution is 5.99. The summed E-state index contributed by atoms with van der Waals surface area (Å²) in [7, 11) is 0. The Bertz CT molecular complexity index is 705. The van der Waals surface area contributed by atoms with E-state index in [-0.39, 0.29) is 42.5 Å². The molecule has 1 fully saturated rings. The van der Waals surface area contributed by atoms with Gasteiger partial charge in [-0.2, -0.15) is 0 Å². The SMILES string of the molecule is NC(=O)[C@@H]1CCCN(C(=O)c2cc([N+](=O)[O-])cc3c2OCCO3)C1. The Kier molecular flexibility index (Phi) is 4.24. The van der Waals surface area contributed by atoms with Gasteiger partial charge in [0.25, 0.3) is 11.6 Å². The molecule has 1 aromatic rings. The molecule has 24 heavy (non-hydrogen) atoms. The van der Waals surface area contributed by atoms with Crippen LogP contribution in [0.3, 0.4) is 0 Å². The average molecular weight is 335 g/mol. The summed E-state index contributed by atoms with van der Waals surface area (Å²) in [6.45, 7) is 1.18. The van der Waals surface area contributed by atoms with Crippen LogP contribution in [0.5, 0.6) is 11.5 Å². The number of piperidine rings is 1. The van der Waals surface area contributed by atoms with E-state index >= 15 is 0 Å². The van der Waals surface area contributed by atoms with Gasteiger partial charge in [-0.25, -0.2) is 0 Å². The molecule has 0 bridgehead atoms. The van der Waals surface area contributed by atoms with Crippen LogP contribution in [0.2, 0.25) is 0 Å². The molecule has 2 heterocycles. The summed E-state index contributed by atoms with van der Waals surface area (Å²) in [4.78, 5) is 36.2. The second-order valence-electron chi connectivity index (χ2n) is 5.77. The van der Waals surface area contributed by atoms with Crippen molar-refractivity contribution in [1.29, 1.82) is 0 Å². The fraction of sp³-hybridized carbons (Fsp3) is 0.467. The number of nitrogens with zero attached hydrogens (tertiary/aromatic N) is 2. The van der Waals surface area contributed by atoms with Gasteiger partial charge in [-0.05, 0) is 12.8 Å². The van der Waals surface area contributed by atoms with Crippen LogP contribution in [0.4, 0.5) is 5.69 Å². The summed E-state index contributed by atoms with van der Waals surface area (Å²) in [5.74, 6) is -0.894. The first kappa shape index (κ1) is 16.0. The van der Waals surface area contributed by atoms with Crippen molar-refractivity contribution in [1.82, 2.24) is 4.90 Å². The Balaban J connectivity index is 1.95. The van der Waals surface area contributed by atoms with Crippen LogP contribution < -0.4 is 15.2 Å². The smallest absolute Gasteiger partial charge is 0.274 e. The lowest BCUT2D eigenvalue weighted by atomic mass is 9.96. The molecule has 9 nitrogen and oxygen atoms in total. The van der Waals surface area contributed by atoms with E-state index in [0.29, 0.717) is 19.4 Å². The van der Waals surface area contributed by atoms with Gasteiger partial charge in [-0.1, -0.05) is 0 Å². The van der Waals surface area contributed by atoms with Gasteiger partial charge in [0.1, 0.15) is 13.2 Å². The Morgan fingerprint density at radius 1 is 1.29 bits per heavy atom. The summed E-state index contributed by atoms with van der Waals surface area (Å²) in [5.41, 5.74) is 5.16. The minimum atomic E-state index is -0.586. The third-order valence-electron chi connectivity index (χ3n) is 4.18. The first-order valence-corrected chi connectivity index (χ1v) is 7.64. The largest absolute Gasteiger partial charge is 0.486 e. The first-order chi connectivity index (χ1) is 11.5. The van der Waals surface area contributed by atoms with Crippen LogP contribution in [0.25, 0.3) is 0 Å². The molecule has 0 radical (unpaired) electrons. The van der Waals surface area contributed by atoms with Crippen molar-refractivity contribution in [2.24, 2.45) is 11.7 Å². The zero-order valence-electron chi connectivity index (χ0n) is 12.9. The summed E-state index contributed by atoms with van der Waals surface area (Å²) < 4.78 is 10.9. The molecule has 1 saturated heterocycles. The van der Waals surface area contributed by atoms with Crippen molar-refractivity contribution in [3.63, 3.8) is 0 Å². The molecule has 0 unspecified atom stereocenters. The predicted molar refractivity (Wildman–Crippen MR) is 81.9 cm³/mol. The van der Waals surface area contributed by atoms with E-state index in [0.717, 1.165) is 0 Å². The van der Waals surface area contributed by atoms with Crippen LogP contribution in [0.1, 0.15) is 23.2 Å². The number of fused-ring (bicyclic) bond motifs is 1. The number of nitro groups is 1. The maximum atomic E-state index is 12.8. The summed E-state index contributed by atoms with van der Waals surface area (Å²) in [6.07, 6.45) is 1.28. The second-order valence-corrected chi connectivity index (χ2v) is 5.77. The molecule has 0 aromatic heterocycles. The van der Waals surface area contributed by atoms with E-state index in [2.05, 4.69) is 0 Å². The van der Waals surface area contributed by atoms with E-state index in [4.69, 9.17) is 15.2 Å². The summed E-state index contributed by atoms with van der Waals surface area (Å²) in [5, 5.41) is 11.1. The van der Waals surface area contributed by atoms with Crippen LogP contribution >= 0.6 is 0 Å². The number of amides is 2. The number of rotatable bonds is 3. The number of benzene rings is 1. The topological polar surface area (TPSA) is 125 Å². The third kappa shape index (κ3) is 2.97. The standard InChI is InChI=1S/C15H17N3O6/c16-14(19)9-2-1-3-17(8-9)15(20)11-6-10(18(21)22)7-12-13(11)24-5-4-23-12/h6-7,9H,1-5,8H2,(H2,16,19)/t9-/m1/s1. The molecule has 128 valence electrons. The van der Waals surface area contributed by atoms with Crippen molar-refractivity contribution >= 4 is 17.5 Å². The Hall–Kier alpha value is -2.84. The number of hydrogen-bond donors (Lipinski definition) is 1. The molecule has 0 saturated carbocycles. The molecular weight excluding hydrogens is 318 g/mol. The van der Waals surface area contributed by atoms with Gasteiger partial charge in [0.15, 0.2) is 11.5 Å². The molecule has 1 aromatic carbocycles. The van der Waals surface area contributed by atoms with Crippen molar-refractivity contribution in [2.45, 2.75) is 12.8 Å². The zero-order valence-corrected chi connectivity index (χ0v) is 12.9. The highest BCUT2D eigenvalue weighted by Gasteiger charge is 2.32. The van der Waals surface area contributed by atoms with E-state index in [9.17, 15) is 19.7 Å². The third-order valence-corrected chi connectivity index (χ3v) is 4.18. The second kappa shape index (κ2) is 6.34. The van der Waals surface area contributed by atoms with E-state index in [1.54, 1.807) is 0 Å². The lowest BCUT2D eigenvalue weighted by molar-refractivity contribution is -0.385. The Labute approximate surface area is 137 Å². The molecule has 9 heteroatoms. The minimum absolute atomic E-state index is 0.0732. The lowest BCUT2D eigenvalue weighted by Crippen LogP contribution is -2.44. The number of nitro benzene ring substituents is 1. The van der Waals surface area contributed by atoms with Gasteiger partial charge in [0.2, 0.25) is 5.91 Å². The Morgan fingerprint density at radius 2 is 2.04 bits per heavy atom. The molecule has 0 spiro atoms. The maximum absolute atomic E-state index is 12.8. The number of likely N-dealkylation sites (tertiary alicyclic amines) is 1. The molecule has 2 N–H and O–H groups in total. The van der Waals surface area contributed by atoms with Crippen molar-refractivity contribution in [3.8, 4) is 11.5 Å². The lowest BCUT2D eigenvalue weighted by Gasteiger charge is -2.32. The monoisotopic (exact) mass is 335 g/mol. The van der Waals surface area contributed by atoms with Crippen molar-refractivity contribution in [3.05, 3.63) is 27.8 Å². The number of ether oxygens (including phenoxy) is 2. The van der Waals surface area contributed by atoms with Gasteiger partial charge < -0.3 is 20.1 Å². The van der Waals surface area contributed by atoms with Gasteiger partial charge >= 0.3 is 0 Å². The predicted octanol–water partition coefficient (Wildman–Crippen LogP) is 0.703. The molecule has 2 aliphatic rings. The summed E-state index contributed by atoms with van der Waals surface area (Å²) >= 11 is 0. The average Bonchev–Trinajstić information content (AvgIpc) is 2.60. The van der Waals surface area contributed by atoms with Crippen LogP contribution in [0, 0.1) is 16.0 Å². The number of carbonyl (C=O) groups excluding carboxylic acids is 2. The van der Waals surface area contributed by atoms with Crippen molar-refractivity contribution in [2.75, 3.05) is 26.3 Å². The molecule has 2 amide bonds. The number of nitrogens with two attached hydrogens (primary N) is 1. The molecular formula is C15H17N3O6. The van der Waals surface area contributed by atoms with Gasteiger partial charge in [0, 0.05) is 19.2 Å². The first-order valence-electron chi connectivity index (χ1n) is 7.64. The molecule has 0 aliphatic carbocycles. The van der Waals surface area contributed by atoms with E-state index < -0.39 is 22.7 Å². The normalized spacial score (nSPS) is 19.7. The molecule has 3 rings (SSSR count). The van der Waals surface area contributed by atoms with E-state index in [1.165, 1.54) is 17.0 Å². The van der Waals surface area contributed by atoms with Crippen LogP contribution in [-0.2, 0) is 4.79 Å². The fourth-order valence-corrected chi connectivity index (χ4v) is 2.97. The highest BCUT2D eigenvalue weighted by atomic mass is 16.6. The molecule has 1 atom stereocenters. The number of hydrogen-bond acceptors (Lipinski definition) is 6. The minimum Gasteiger partial charge on any atom is -0.486 e.